The molecule has 0 spiro atoms. The van der Waals surface area contributed by atoms with E-state index in [9.17, 15) is 14.9 Å². The van der Waals surface area contributed by atoms with E-state index >= 15 is 0 Å². The Morgan fingerprint density at radius 3 is 2.58 bits per heavy atom. The lowest BCUT2D eigenvalue weighted by atomic mass is 10.1. The molecule has 6 nitrogen and oxygen atoms in total. The molecular weight excluding hydrogens is 434 g/mol. The number of thiazole rings is 1. The van der Waals surface area contributed by atoms with Gasteiger partial charge in [-0.15, -0.1) is 0 Å². The maximum atomic E-state index is 13.6. The molecule has 0 aliphatic heterocycles. The highest BCUT2D eigenvalue weighted by Gasteiger charge is 2.25. The Balaban J connectivity index is 1.84. The van der Waals surface area contributed by atoms with Gasteiger partial charge in [0.1, 0.15) is 0 Å². The van der Waals surface area contributed by atoms with E-state index in [1.807, 2.05) is 56.3 Å². The first kappa shape index (κ1) is 21.0. The molecule has 3 aromatic carbocycles. The summed E-state index contributed by atoms with van der Waals surface area (Å²) in [7, 11) is 0. The van der Waals surface area contributed by atoms with Crippen molar-refractivity contribution >= 4 is 49.9 Å². The Morgan fingerprint density at radius 1 is 1.13 bits per heavy atom. The summed E-state index contributed by atoms with van der Waals surface area (Å²) in [5, 5.41) is 11.9. The first-order valence-corrected chi connectivity index (χ1v) is 10.7. The van der Waals surface area contributed by atoms with Crippen molar-refractivity contribution in [2.24, 2.45) is 0 Å². The number of nitro groups is 1. The number of carbonyl (C=O) groups is 1. The van der Waals surface area contributed by atoms with Crippen LogP contribution in [-0.2, 0) is 6.54 Å². The van der Waals surface area contributed by atoms with E-state index in [0.29, 0.717) is 5.13 Å². The largest absolute Gasteiger partial charge is 0.279 e. The number of rotatable bonds is 5. The summed E-state index contributed by atoms with van der Waals surface area (Å²) in [6, 6.07) is 17.5. The van der Waals surface area contributed by atoms with Gasteiger partial charge in [-0.3, -0.25) is 19.8 Å². The van der Waals surface area contributed by atoms with Crippen LogP contribution in [0.2, 0.25) is 5.02 Å². The zero-order chi connectivity index (χ0) is 22.1. The van der Waals surface area contributed by atoms with Crippen LogP contribution in [0.3, 0.4) is 0 Å². The Bertz CT molecular complexity index is 1300. The van der Waals surface area contributed by atoms with Crippen LogP contribution in [0.4, 0.5) is 10.8 Å². The quantitative estimate of drug-likeness (QED) is 0.262. The summed E-state index contributed by atoms with van der Waals surface area (Å²) in [4.78, 5) is 30.5. The second-order valence-corrected chi connectivity index (χ2v) is 8.64. The average molecular weight is 452 g/mol. The summed E-state index contributed by atoms with van der Waals surface area (Å²) in [6.07, 6.45) is 0. The molecule has 8 heteroatoms. The zero-order valence-corrected chi connectivity index (χ0v) is 18.4. The lowest BCUT2D eigenvalue weighted by Gasteiger charge is -2.20. The molecule has 0 bridgehead atoms. The van der Waals surface area contributed by atoms with Gasteiger partial charge in [-0.05, 0) is 42.7 Å². The molecule has 0 unspecified atom stereocenters. The van der Waals surface area contributed by atoms with Gasteiger partial charge in [0.2, 0.25) is 0 Å². The van der Waals surface area contributed by atoms with Crippen LogP contribution in [0, 0.1) is 24.0 Å². The van der Waals surface area contributed by atoms with Crippen molar-refractivity contribution in [1.29, 1.82) is 0 Å². The van der Waals surface area contributed by atoms with E-state index in [0.717, 1.165) is 26.9 Å². The third kappa shape index (κ3) is 4.28. The van der Waals surface area contributed by atoms with E-state index in [-0.39, 0.29) is 22.8 Å². The Kier molecular flexibility index (Phi) is 5.71. The molecule has 1 heterocycles. The number of anilines is 1. The lowest BCUT2D eigenvalue weighted by Crippen LogP contribution is -2.30. The van der Waals surface area contributed by atoms with Gasteiger partial charge in [-0.2, -0.15) is 0 Å². The highest BCUT2D eigenvalue weighted by molar-refractivity contribution is 7.22. The minimum atomic E-state index is -0.543. The van der Waals surface area contributed by atoms with Gasteiger partial charge in [-0.1, -0.05) is 59.3 Å². The number of aryl methyl sites for hydroxylation is 2. The van der Waals surface area contributed by atoms with Crippen LogP contribution in [-0.4, -0.2) is 15.8 Å². The number of aromatic nitrogens is 1. The highest BCUT2D eigenvalue weighted by Crippen LogP contribution is 2.34. The van der Waals surface area contributed by atoms with Gasteiger partial charge in [0, 0.05) is 12.1 Å². The van der Waals surface area contributed by atoms with E-state index in [2.05, 4.69) is 0 Å². The summed E-state index contributed by atoms with van der Waals surface area (Å²) >= 11 is 7.68. The van der Waals surface area contributed by atoms with Crippen LogP contribution in [0.5, 0.6) is 0 Å². The molecule has 0 saturated heterocycles. The lowest BCUT2D eigenvalue weighted by molar-refractivity contribution is -0.384. The maximum absolute atomic E-state index is 13.6. The van der Waals surface area contributed by atoms with Gasteiger partial charge < -0.3 is 0 Å². The van der Waals surface area contributed by atoms with Crippen LogP contribution in [0.15, 0.2) is 60.7 Å². The van der Waals surface area contributed by atoms with Crippen LogP contribution in [0.25, 0.3) is 10.2 Å². The number of fused-ring (bicyclic) bond motifs is 1. The summed E-state index contributed by atoms with van der Waals surface area (Å²) < 4.78 is 0.975. The molecule has 0 radical (unpaired) electrons. The second kappa shape index (κ2) is 8.45. The van der Waals surface area contributed by atoms with Gasteiger partial charge >= 0.3 is 0 Å². The fourth-order valence-electron chi connectivity index (χ4n) is 3.40. The molecule has 0 fully saturated rings. The molecule has 156 valence electrons. The first-order chi connectivity index (χ1) is 14.8. The Hall–Kier alpha value is -3.29. The number of benzene rings is 3. The third-order valence-corrected chi connectivity index (χ3v) is 6.22. The Morgan fingerprint density at radius 2 is 1.87 bits per heavy atom. The molecule has 1 aromatic heterocycles. The average Bonchev–Trinajstić information content (AvgIpc) is 3.16. The van der Waals surface area contributed by atoms with Crippen molar-refractivity contribution in [3.63, 3.8) is 0 Å². The predicted molar refractivity (Wildman–Crippen MR) is 124 cm³/mol. The van der Waals surface area contributed by atoms with Gasteiger partial charge in [0.25, 0.3) is 11.6 Å². The van der Waals surface area contributed by atoms with Crippen molar-refractivity contribution in [2.45, 2.75) is 20.4 Å². The van der Waals surface area contributed by atoms with Crippen molar-refractivity contribution < 1.29 is 9.72 Å². The smallest absolute Gasteiger partial charge is 0.270 e. The molecule has 1 amide bonds. The normalized spacial score (nSPS) is 10.9. The molecule has 0 N–H and O–H groups in total. The standard InChI is InChI=1S/C23H18ClN3O3S/c1-14-10-15(2)21-20(11-14)31-23(25-21)26(13-16-6-4-3-5-7-16)22(28)18-12-17(27(29)30)8-9-19(18)24/h3-12H,13H2,1-2H3. The number of hydrogen-bond acceptors (Lipinski definition) is 5. The SMILES string of the molecule is Cc1cc(C)c2nc(N(Cc3ccccc3)C(=O)c3cc([N+](=O)[O-])ccc3Cl)sc2c1. The summed E-state index contributed by atoms with van der Waals surface area (Å²) in [5.41, 5.74) is 3.76. The number of halogens is 1. The number of non-ortho nitro benzene ring substituents is 1. The highest BCUT2D eigenvalue weighted by atomic mass is 35.5. The van der Waals surface area contributed by atoms with Gasteiger partial charge in [0.05, 0.1) is 32.3 Å². The number of hydrogen-bond donors (Lipinski definition) is 0. The molecule has 0 atom stereocenters. The van der Waals surface area contributed by atoms with Crippen LogP contribution >= 0.6 is 22.9 Å². The number of amides is 1. The number of nitro benzene ring substituents is 1. The summed E-state index contributed by atoms with van der Waals surface area (Å²) in [5.74, 6) is -0.439. The molecule has 0 aliphatic carbocycles. The molecular formula is C23H18ClN3O3S. The van der Waals surface area contributed by atoms with Crippen LogP contribution in [0.1, 0.15) is 27.0 Å². The van der Waals surface area contributed by atoms with E-state index < -0.39 is 10.8 Å². The van der Waals surface area contributed by atoms with E-state index in [1.165, 1.54) is 34.4 Å². The molecule has 0 aliphatic rings. The van der Waals surface area contributed by atoms with Gasteiger partial charge in [0.15, 0.2) is 5.13 Å². The van der Waals surface area contributed by atoms with Crippen LogP contribution < -0.4 is 4.90 Å². The van der Waals surface area contributed by atoms with Crippen molar-refractivity contribution in [2.75, 3.05) is 4.90 Å². The minimum Gasteiger partial charge on any atom is -0.279 e. The maximum Gasteiger partial charge on any atom is 0.270 e. The minimum absolute atomic E-state index is 0.0685. The van der Waals surface area contributed by atoms with E-state index in [1.54, 1.807) is 0 Å². The predicted octanol–water partition coefficient (Wildman–Crippen LogP) is 6.32. The summed E-state index contributed by atoms with van der Waals surface area (Å²) in [6.45, 7) is 4.26. The number of carbonyl (C=O) groups excluding carboxylic acids is 1. The van der Waals surface area contributed by atoms with Gasteiger partial charge in [-0.25, -0.2) is 4.98 Å². The number of nitrogens with zero attached hydrogens (tertiary/aromatic N) is 3. The molecule has 31 heavy (non-hydrogen) atoms. The molecule has 0 saturated carbocycles. The molecule has 4 rings (SSSR count). The monoisotopic (exact) mass is 451 g/mol. The van der Waals surface area contributed by atoms with Crippen molar-refractivity contribution in [1.82, 2.24) is 4.98 Å². The third-order valence-electron chi connectivity index (χ3n) is 4.87. The Labute approximate surface area is 187 Å². The topological polar surface area (TPSA) is 76.3 Å². The fraction of sp³-hybridized carbons (Fsp3) is 0.130. The fourth-order valence-corrected chi connectivity index (χ4v) is 4.74. The first-order valence-electron chi connectivity index (χ1n) is 9.51. The van der Waals surface area contributed by atoms with Crippen molar-refractivity contribution in [3.05, 3.63) is 98.1 Å². The zero-order valence-electron chi connectivity index (χ0n) is 16.8. The molecule has 4 aromatic rings. The van der Waals surface area contributed by atoms with Crippen molar-refractivity contribution in [3.8, 4) is 0 Å². The second-order valence-electron chi connectivity index (χ2n) is 7.22. The van der Waals surface area contributed by atoms with E-state index in [4.69, 9.17) is 16.6 Å².